The van der Waals surface area contributed by atoms with Crippen molar-refractivity contribution in [3.05, 3.63) is 48.0 Å². The molecular formula is C18H18F2N2O5S. The van der Waals surface area contributed by atoms with Crippen molar-refractivity contribution in [1.29, 1.82) is 0 Å². The molecule has 7 nitrogen and oxygen atoms in total. The van der Waals surface area contributed by atoms with Crippen LogP contribution in [0.1, 0.15) is 23.2 Å². The molecule has 10 heteroatoms. The van der Waals surface area contributed by atoms with E-state index in [1.54, 1.807) is 0 Å². The van der Waals surface area contributed by atoms with Gasteiger partial charge in [0.1, 0.15) is 11.5 Å². The van der Waals surface area contributed by atoms with Crippen molar-refractivity contribution in [3.63, 3.8) is 0 Å². The summed E-state index contributed by atoms with van der Waals surface area (Å²) in [6, 6.07) is 9.17. The Hall–Kier alpha value is -2.72. The fourth-order valence-electron chi connectivity index (χ4n) is 2.42. The quantitative estimate of drug-likeness (QED) is 0.695. The minimum atomic E-state index is -3.71. The van der Waals surface area contributed by atoms with Gasteiger partial charge in [0.2, 0.25) is 10.0 Å². The van der Waals surface area contributed by atoms with Gasteiger partial charge in [-0.05, 0) is 55.3 Å². The molecule has 0 unspecified atom stereocenters. The number of nitrogens with one attached hydrogen (secondary N) is 2. The summed E-state index contributed by atoms with van der Waals surface area (Å²) in [5.41, 5.74) is 0.340. The van der Waals surface area contributed by atoms with Crippen molar-refractivity contribution < 1.29 is 31.5 Å². The van der Waals surface area contributed by atoms with Crippen LogP contribution in [0.3, 0.4) is 0 Å². The number of amides is 1. The van der Waals surface area contributed by atoms with Crippen LogP contribution >= 0.6 is 0 Å². The van der Waals surface area contributed by atoms with Gasteiger partial charge in [-0.3, -0.25) is 4.79 Å². The van der Waals surface area contributed by atoms with Gasteiger partial charge in [0.05, 0.1) is 17.7 Å². The van der Waals surface area contributed by atoms with Gasteiger partial charge in [0, 0.05) is 11.6 Å². The first kappa shape index (κ1) is 20.0. The molecule has 1 amide bonds. The lowest BCUT2D eigenvalue weighted by Crippen LogP contribution is -2.25. The zero-order valence-electron chi connectivity index (χ0n) is 14.8. The second-order valence-electron chi connectivity index (χ2n) is 6.11. The molecule has 1 aliphatic carbocycles. The summed E-state index contributed by atoms with van der Waals surface area (Å²) in [6.45, 7) is -2.96. The average Bonchev–Trinajstić information content (AvgIpc) is 3.45. The summed E-state index contributed by atoms with van der Waals surface area (Å²) in [5.74, 6) is -0.369. The number of methoxy groups -OCH3 is 1. The third-order valence-electron chi connectivity index (χ3n) is 3.97. The molecule has 0 atom stereocenters. The molecule has 0 aliphatic heterocycles. The first-order valence-electron chi connectivity index (χ1n) is 8.35. The van der Waals surface area contributed by atoms with Gasteiger partial charge in [0.25, 0.3) is 5.91 Å². The molecule has 0 radical (unpaired) electrons. The number of alkyl halides is 2. The number of benzene rings is 2. The minimum absolute atomic E-state index is 0.00354. The van der Waals surface area contributed by atoms with Gasteiger partial charge in [-0.15, -0.1) is 0 Å². The van der Waals surface area contributed by atoms with Crippen molar-refractivity contribution in [2.45, 2.75) is 30.4 Å². The monoisotopic (exact) mass is 412 g/mol. The van der Waals surface area contributed by atoms with E-state index in [-0.39, 0.29) is 33.7 Å². The summed E-state index contributed by atoms with van der Waals surface area (Å²) in [5, 5.41) is 2.57. The van der Waals surface area contributed by atoms with Crippen LogP contribution in [0.5, 0.6) is 11.5 Å². The third kappa shape index (κ3) is 4.96. The van der Waals surface area contributed by atoms with Crippen LogP contribution < -0.4 is 19.5 Å². The molecule has 1 aliphatic rings. The third-order valence-corrected chi connectivity index (χ3v) is 5.49. The van der Waals surface area contributed by atoms with Gasteiger partial charge in [-0.1, -0.05) is 0 Å². The Labute approximate surface area is 160 Å². The number of hydrogen-bond donors (Lipinski definition) is 2. The molecule has 2 aromatic carbocycles. The van der Waals surface area contributed by atoms with E-state index >= 15 is 0 Å². The highest BCUT2D eigenvalue weighted by atomic mass is 32.2. The molecule has 0 bridgehead atoms. The van der Waals surface area contributed by atoms with E-state index in [0.29, 0.717) is 0 Å². The number of carbonyl (C=O) groups excluding carboxylic acids is 1. The maximum Gasteiger partial charge on any atom is 0.387 e. The van der Waals surface area contributed by atoms with Crippen molar-refractivity contribution in [2.24, 2.45) is 0 Å². The number of carbonyl (C=O) groups is 1. The van der Waals surface area contributed by atoms with Crippen LogP contribution in [0, 0.1) is 0 Å². The Morgan fingerprint density at radius 3 is 2.39 bits per heavy atom. The van der Waals surface area contributed by atoms with E-state index in [2.05, 4.69) is 14.8 Å². The SMILES string of the molecule is COc1ccc(S(=O)(=O)NC2CC2)cc1NC(=O)c1ccc(OC(F)F)cc1. The summed E-state index contributed by atoms with van der Waals surface area (Å²) in [4.78, 5) is 12.4. The maximum atomic E-state index is 12.4. The van der Waals surface area contributed by atoms with Crippen LogP contribution in [-0.2, 0) is 10.0 Å². The minimum Gasteiger partial charge on any atom is -0.495 e. The van der Waals surface area contributed by atoms with Gasteiger partial charge in [-0.25, -0.2) is 13.1 Å². The van der Waals surface area contributed by atoms with E-state index < -0.39 is 22.5 Å². The largest absolute Gasteiger partial charge is 0.495 e. The van der Waals surface area contributed by atoms with Crippen molar-refractivity contribution in [1.82, 2.24) is 4.72 Å². The molecule has 0 aromatic heterocycles. The average molecular weight is 412 g/mol. The highest BCUT2D eigenvalue weighted by molar-refractivity contribution is 7.89. The van der Waals surface area contributed by atoms with Gasteiger partial charge >= 0.3 is 6.61 Å². The molecule has 1 fully saturated rings. The van der Waals surface area contributed by atoms with Crippen LogP contribution in [0.15, 0.2) is 47.4 Å². The normalized spacial score (nSPS) is 14.0. The second-order valence-corrected chi connectivity index (χ2v) is 7.83. The van der Waals surface area contributed by atoms with E-state index in [1.807, 2.05) is 0 Å². The summed E-state index contributed by atoms with van der Waals surface area (Å²) >= 11 is 0. The zero-order chi connectivity index (χ0) is 20.3. The first-order chi connectivity index (χ1) is 13.3. The summed E-state index contributed by atoms with van der Waals surface area (Å²) in [6.07, 6.45) is 1.59. The Bertz CT molecular complexity index is 960. The molecule has 28 heavy (non-hydrogen) atoms. The molecule has 150 valence electrons. The second kappa shape index (κ2) is 8.11. The standard InChI is InChI=1S/C18H18F2N2O5S/c1-26-16-9-8-14(28(24,25)22-12-4-5-12)10-15(16)21-17(23)11-2-6-13(7-3-11)27-18(19)20/h2-3,6-10,12,18,22H,4-5H2,1H3,(H,21,23). The fraction of sp³-hybridized carbons (Fsp3) is 0.278. The smallest absolute Gasteiger partial charge is 0.387 e. The van der Waals surface area contributed by atoms with E-state index in [1.165, 1.54) is 49.6 Å². The van der Waals surface area contributed by atoms with Gasteiger partial charge < -0.3 is 14.8 Å². The highest BCUT2D eigenvalue weighted by Gasteiger charge is 2.28. The number of anilines is 1. The zero-order valence-corrected chi connectivity index (χ0v) is 15.6. The van der Waals surface area contributed by atoms with Gasteiger partial charge in [-0.2, -0.15) is 8.78 Å². The van der Waals surface area contributed by atoms with Crippen LogP contribution in [0.2, 0.25) is 0 Å². The molecule has 2 N–H and O–H groups in total. The maximum absolute atomic E-state index is 12.4. The molecule has 0 heterocycles. The molecule has 1 saturated carbocycles. The number of hydrogen-bond acceptors (Lipinski definition) is 5. The van der Waals surface area contributed by atoms with E-state index in [9.17, 15) is 22.0 Å². The first-order valence-corrected chi connectivity index (χ1v) is 9.83. The van der Waals surface area contributed by atoms with E-state index in [4.69, 9.17) is 4.74 Å². The Kier molecular flexibility index (Phi) is 5.80. The molecular weight excluding hydrogens is 394 g/mol. The van der Waals surface area contributed by atoms with E-state index in [0.717, 1.165) is 12.8 Å². The Balaban J connectivity index is 1.80. The molecule has 0 spiro atoms. The van der Waals surface area contributed by atoms with Gasteiger partial charge in [0.15, 0.2) is 0 Å². The number of rotatable bonds is 8. The molecule has 2 aromatic rings. The van der Waals surface area contributed by atoms with Crippen molar-refractivity contribution >= 4 is 21.6 Å². The number of sulfonamides is 1. The van der Waals surface area contributed by atoms with Crippen molar-refractivity contribution in [3.8, 4) is 11.5 Å². The number of halogens is 2. The Morgan fingerprint density at radius 2 is 1.82 bits per heavy atom. The fourth-order valence-corrected chi connectivity index (χ4v) is 3.75. The van der Waals surface area contributed by atoms with Crippen LogP contribution in [0.4, 0.5) is 14.5 Å². The van der Waals surface area contributed by atoms with Crippen molar-refractivity contribution in [2.75, 3.05) is 12.4 Å². The molecule has 0 saturated heterocycles. The topological polar surface area (TPSA) is 93.7 Å². The lowest BCUT2D eigenvalue weighted by molar-refractivity contribution is -0.0498. The lowest BCUT2D eigenvalue weighted by atomic mass is 10.2. The Morgan fingerprint density at radius 1 is 1.14 bits per heavy atom. The predicted molar refractivity (Wildman–Crippen MR) is 97.4 cm³/mol. The highest BCUT2D eigenvalue weighted by Crippen LogP contribution is 2.29. The van der Waals surface area contributed by atoms with Crippen LogP contribution in [0.25, 0.3) is 0 Å². The predicted octanol–water partition coefficient (Wildman–Crippen LogP) is 2.99. The van der Waals surface area contributed by atoms with Crippen LogP contribution in [-0.4, -0.2) is 34.1 Å². The lowest BCUT2D eigenvalue weighted by Gasteiger charge is -2.13. The number of ether oxygens (including phenoxy) is 2. The molecule has 3 rings (SSSR count). The summed E-state index contributed by atoms with van der Waals surface area (Å²) < 4.78 is 61.1. The summed E-state index contributed by atoms with van der Waals surface area (Å²) in [7, 11) is -2.32.